The molecule has 1 aromatic rings. The van der Waals surface area contributed by atoms with Crippen molar-refractivity contribution in [3.63, 3.8) is 0 Å². The molecule has 1 fully saturated rings. The normalized spacial score (nSPS) is 30.7. The summed E-state index contributed by atoms with van der Waals surface area (Å²) in [6.07, 6.45) is 7.88. The molecule has 102 valence electrons. The molecule has 0 amide bonds. The van der Waals surface area contributed by atoms with Gasteiger partial charge in [-0.05, 0) is 24.2 Å². The molecule has 0 bridgehead atoms. The van der Waals surface area contributed by atoms with Crippen LogP contribution in [0.4, 0.5) is 0 Å². The minimum Gasteiger partial charge on any atom is -0.330 e. The Labute approximate surface area is 111 Å². The van der Waals surface area contributed by atoms with Gasteiger partial charge in [-0.3, -0.25) is 0 Å². The summed E-state index contributed by atoms with van der Waals surface area (Å²) >= 11 is 0. The summed E-state index contributed by atoms with van der Waals surface area (Å²) in [6.45, 7) is 9.10. The number of hydrogen-bond donors (Lipinski definition) is 1. The fourth-order valence-corrected chi connectivity index (χ4v) is 3.14. The molecule has 1 aliphatic carbocycles. The number of aromatic nitrogens is 2. The Morgan fingerprint density at radius 1 is 1.33 bits per heavy atom. The van der Waals surface area contributed by atoms with Crippen LogP contribution in [0.2, 0.25) is 0 Å². The molecule has 3 heteroatoms. The van der Waals surface area contributed by atoms with Crippen molar-refractivity contribution in [2.45, 2.75) is 59.0 Å². The molecule has 1 saturated carbocycles. The van der Waals surface area contributed by atoms with E-state index in [1.807, 2.05) is 12.5 Å². The van der Waals surface area contributed by atoms with Crippen molar-refractivity contribution in [1.82, 2.24) is 9.55 Å². The fraction of sp³-hybridized carbons (Fsp3) is 0.800. The third kappa shape index (κ3) is 2.46. The Balaban J connectivity index is 2.25. The second-order valence-corrected chi connectivity index (χ2v) is 6.33. The Morgan fingerprint density at radius 2 is 2.06 bits per heavy atom. The summed E-state index contributed by atoms with van der Waals surface area (Å²) in [6, 6.07) is 0.674. The Bertz CT molecular complexity index is 383. The summed E-state index contributed by atoms with van der Waals surface area (Å²) in [5, 5.41) is 0. The van der Waals surface area contributed by atoms with Gasteiger partial charge in [-0.25, -0.2) is 4.98 Å². The monoisotopic (exact) mass is 249 g/mol. The minimum atomic E-state index is 0.0944. The van der Waals surface area contributed by atoms with Crippen molar-refractivity contribution in [2.24, 2.45) is 23.5 Å². The highest BCUT2D eigenvalue weighted by Gasteiger charge is 2.30. The molecule has 2 rings (SSSR count). The van der Waals surface area contributed by atoms with Gasteiger partial charge in [0.05, 0.1) is 12.0 Å². The molecule has 0 saturated heterocycles. The van der Waals surface area contributed by atoms with Gasteiger partial charge in [0.25, 0.3) is 0 Å². The largest absolute Gasteiger partial charge is 0.330 e. The van der Waals surface area contributed by atoms with Crippen LogP contribution in [0.15, 0.2) is 12.5 Å². The Kier molecular flexibility index (Phi) is 4.10. The SMILES string of the molecule is CC(C)C(N)c1cncn1C1CCCC(C)C1C. The number of rotatable bonds is 3. The third-order valence-corrected chi connectivity index (χ3v) is 4.78. The second kappa shape index (κ2) is 5.43. The smallest absolute Gasteiger partial charge is 0.0951 e. The number of hydrogen-bond acceptors (Lipinski definition) is 2. The number of nitrogens with two attached hydrogens (primary N) is 1. The van der Waals surface area contributed by atoms with E-state index in [0.29, 0.717) is 17.9 Å². The van der Waals surface area contributed by atoms with Crippen LogP contribution in [0.25, 0.3) is 0 Å². The summed E-state index contributed by atoms with van der Waals surface area (Å²) in [7, 11) is 0. The van der Waals surface area contributed by atoms with Crippen LogP contribution in [-0.2, 0) is 0 Å². The molecule has 4 atom stereocenters. The molecule has 0 aromatic carbocycles. The van der Waals surface area contributed by atoms with Gasteiger partial charge in [-0.2, -0.15) is 0 Å². The average Bonchev–Trinajstić information content (AvgIpc) is 2.80. The van der Waals surface area contributed by atoms with Crippen LogP contribution >= 0.6 is 0 Å². The summed E-state index contributed by atoms with van der Waals surface area (Å²) in [5.74, 6) is 1.97. The van der Waals surface area contributed by atoms with Crippen LogP contribution in [0.3, 0.4) is 0 Å². The van der Waals surface area contributed by atoms with Gasteiger partial charge >= 0.3 is 0 Å². The van der Waals surface area contributed by atoms with E-state index in [-0.39, 0.29) is 6.04 Å². The molecule has 1 heterocycles. The topological polar surface area (TPSA) is 43.8 Å². The maximum absolute atomic E-state index is 6.31. The van der Waals surface area contributed by atoms with Crippen molar-refractivity contribution in [2.75, 3.05) is 0 Å². The highest BCUT2D eigenvalue weighted by atomic mass is 15.1. The summed E-state index contributed by atoms with van der Waals surface area (Å²) in [5.41, 5.74) is 7.51. The lowest BCUT2D eigenvalue weighted by Crippen LogP contribution is -2.30. The highest BCUT2D eigenvalue weighted by Crippen LogP contribution is 2.39. The first-order chi connectivity index (χ1) is 8.52. The lowest BCUT2D eigenvalue weighted by Gasteiger charge is -2.36. The van der Waals surface area contributed by atoms with Crippen LogP contribution in [-0.4, -0.2) is 9.55 Å². The third-order valence-electron chi connectivity index (χ3n) is 4.78. The zero-order chi connectivity index (χ0) is 13.3. The highest BCUT2D eigenvalue weighted by molar-refractivity contribution is 5.08. The maximum atomic E-state index is 6.31. The van der Waals surface area contributed by atoms with Crippen LogP contribution < -0.4 is 5.73 Å². The van der Waals surface area contributed by atoms with Gasteiger partial charge in [0.1, 0.15) is 0 Å². The van der Waals surface area contributed by atoms with Crippen molar-refractivity contribution < 1.29 is 0 Å². The molecule has 4 unspecified atom stereocenters. The van der Waals surface area contributed by atoms with E-state index in [1.165, 1.54) is 25.0 Å². The molecule has 0 aliphatic heterocycles. The maximum Gasteiger partial charge on any atom is 0.0951 e. The molecule has 1 aliphatic rings. The van der Waals surface area contributed by atoms with E-state index in [9.17, 15) is 0 Å². The van der Waals surface area contributed by atoms with E-state index in [1.54, 1.807) is 0 Å². The standard InChI is InChI=1S/C15H27N3/c1-10(2)15(16)14-8-17-9-18(14)13-7-5-6-11(3)12(13)4/h8-13,15H,5-7,16H2,1-4H3. The molecule has 0 spiro atoms. The van der Waals surface area contributed by atoms with Gasteiger partial charge in [-0.15, -0.1) is 0 Å². The molecule has 0 radical (unpaired) electrons. The quantitative estimate of drug-likeness (QED) is 0.890. The van der Waals surface area contributed by atoms with Gasteiger partial charge in [0.15, 0.2) is 0 Å². The zero-order valence-electron chi connectivity index (χ0n) is 12.1. The van der Waals surface area contributed by atoms with Crippen molar-refractivity contribution >= 4 is 0 Å². The summed E-state index contributed by atoms with van der Waals surface area (Å²) < 4.78 is 2.35. The van der Waals surface area contributed by atoms with Crippen molar-refractivity contribution in [3.8, 4) is 0 Å². The second-order valence-electron chi connectivity index (χ2n) is 6.33. The predicted octanol–water partition coefficient (Wildman–Crippen LogP) is 3.54. The van der Waals surface area contributed by atoms with E-state index in [0.717, 1.165) is 5.92 Å². The molecule has 18 heavy (non-hydrogen) atoms. The summed E-state index contributed by atoms with van der Waals surface area (Å²) in [4.78, 5) is 4.34. The number of nitrogens with zero attached hydrogens (tertiary/aromatic N) is 2. The Morgan fingerprint density at radius 3 is 2.72 bits per heavy atom. The average molecular weight is 249 g/mol. The van der Waals surface area contributed by atoms with Crippen LogP contribution in [0, 0.1) is 17.8 Å². The minimum absolute atomic E-state index is 0.0944. The van der Waals surface area contributed by atoms with Crippen LogP contribution in [0.1, 0.15) is 64.7 Å². The molecular formula is C15H27N3. The van der Waals surface area contributed by atoms with Gasteiger partial charge in [0.2, 0.25) is 0 Å². The zero-order valence-corrected chi connectivity index (χ0v) is 12.1. The first-order valence-corrected chi connectivity index (χ1v) is 7.29. The first-order valence-electron chi connectivity index (χ1n) is 7.29. The lowest BCUT2D eigenvalue weighted by molar-refractivity contribution is 0.181. The van der Waals surface area contributed by atoms with E-state index >= 15 is 0 Å². The van der Waals surface area contributed by atoms with Crippen LogP contribution in [0.5, 0.6) is 0 Å². The van der Waals surface area contributed by atoms with Gasteiger partial charge in [-0.1, -0.05) is 40.5 Å². The number of imidazole rings is 1. The lowest BCUT2D eigenvalue weighted by atomic mass is 9.77. The first kappa shape index (κ1) is 13.6. The molecule has 2 N–H and O–H groups in total. The van der Waals surface area contributed by atoms with Gasteiger partial charge < -0.3 is 10.3 Å². The van der Waals surface area contributed by atoms with Crippen molar-refractivity contribution in [1.29, 1.82) is 0 Å². The molecular weight excluding hydrogens is 222 g/mol. The Hall–Kier alpha value is -0.830. The predicted molar refractivity (Wildman–Crippen MR) is 75.2 cm³/mol. The van der Waals surface area contributed by atoms with E-state index in [4.69, 9.17) is 5.73 Å². The molecule has 1 aromatic heterocycles. The van der Waals surface area contributed by atoms with E-state index < -0.39 is 0 Å². The molecule has 3 nitrogen and oxygen atoms in total. The fourth-order valence-electron chi connectivity index (χ4n) is 3.14. The van der Waals surface area contributed by atoms with Crippen molar-refractivity contribution in [3.05, 3.63) is 18.2 Å². The van der Waals surface area contributed by atoms with Gasteiger partial charge in [0, 0.05) is 18.3 Å². The van der Waals surface area contributed by atoms with E-state index in [2.05, 4.69) is 37.2 Å².